The van der Waals surface area contributed by atoms with E-state index in [-0.39, 0.29) is 11.8 Å². The average Bonchev–Trinajstić information content (AvgIpc) is 2.69. The van der Waals surface area contributed by atoms with Gasteiger partial charge >= 0.3 is 0 Å². The zero-order valence-electron chi connectivity index (χ0n) is 14.7. The molecule has 0 bridgehead atoms. The molecule has 1 heterocycles. The van der Waals surface area contributed by atoms with Gasteiger partial charge in [0.2, 0.25) is 10.0 Å². The molecule has 5 heteroatoms. The molecule has 0 spiro atoms. The summed E-state index contributed by atoms with van der Waals surface area (Å²) in [6.45, 7) is 1.67. The second-order valence-electron chi connectivity index (χ2n) is 6.02. The van der Waals surface area contributed by atoms with Crippen molar-refractivity contribution in [3.63, 3.8) is 0 Å². The molecule has 0 saturated heterocycles. The van der Waals surface area contributed by atoms with E-state index in [4.69, 9.17) is 0 Å². The van der Waals surface area contributed by atoms with Gasteiger partial charge in [-0.1, -0.05) is 54.6 Å². The Kier molecular flexibility index (Phi) is 5.68. The van der Waals surface area contributed by atoms with Crippen molar-refractivity contribution in [1.29, 1.82) is 0 Å². The smallest absolute Gasteiger partial charge is 0.235 e. The van der Waals surface area contributed by atoms with Crippen LogP contribution in [0.3, 0.4) is 0 Å². The summed E-state index contributed by atoms with van der Waals surface area (Å²) in [7, 11) is -3.48. The van der Waals surface area contributed by atoms with Crippen molar-refractivity contribution < 1.29 is 8.42 Å². The Bertz CT molecular complexity index is 914. The number of anilines is 1. The molecule has 2 aromatic carbocycles. The number of hydrogen-bond acceptors (Lipinski definition) is 3. The second kappa shape index (κ2) is 8.15. The van der Waals surface area contributed by atoms with E-state index in [2.05, 4.69) is 4.98 Å². The van der Waals surface area contributed by atoms with Crippen LogP contribution in [0.25, 0.3) is 0 Å². The molecule has 0 aliphatic carbocycles. The first-order chi connectivity index (χ1) is 12.6. The number of hydrogen-bond donors (Lipinski definition) is 0. The van der Waals surface area contributed by atoms with Crippen molar-refractivity contribution in [2.24, 2.45) is 0 Å². The maximum absolute atomic E-state index is 13.0. The number of para-hydroxylation sites is 1. The zero-order chi connectivity index (χ0) is 18.4. The van der Waals surface area contributed by atoms with Crippen LogP contribution in [0.2, 0.25) is 0 Å². The third kappa shape index (κ3) is 4.11. The topological polar surface area (TPSA) is 50.3 Å². The third-order valence-corrected chi connectivity index (χ3v) is 6.09. The Morgan fingerprint density at radius 3 is 2.15 bits per heavy atom. The fourth-order valence-electron chi connectivity index (χ4n) is 3.00. The normalized spacial score (nSPS) is 12.5. The molecule has 1 unspecified atom stereocenters. The van der Waals surface area contributed by atoms with Gasteiger partial charge in [-0.2, -0.15) is 0 Å². The molecule has 0 amide bonds. The number of rotatable bonds is 7. The maximum atomic E-state index is 13.0. The van der Waals surface area contributed by atoms with Crippen LogP contribution in [-0.4, -0.2) is 19.2 Å². The molecule has 0 radical (unpaired) electrons. The minimum atomic E-state index is -3.48. The fraction of sp³-hybridized carbons (Fsp3) is 0.190. The van der Waals surface area contributed by atoms with Crippen LogP contribution < -0.4 is 4.31 Å². The molecule has 0 N–H and O–H groups in total. The highest BCUT2D eigenvalue weighted by molar-refractivity contribution is 7.92. The van der Waals surface area contributed by atoms with E-state index in [1.165, 1.54) is 4.31 Å². The molecule has 0 aliphatic rings. The number of nitrogens with zero attached hydrogens (tertiary/aromatic N) is 2. The summed E-state index contributed by atoms with van der Waals surface area (Å²) in [6, 6.07) is 22.6. The Balaban J connectivity index is 2.13. The van der Waals surface area contributed by atoms with Crippen molar-refractivity contribution in [2.75, 3.05) is 10.1 Å². The first kappa shape index (κ1) is 18.1. The Hall–Kier alpha value is -2.66. The first-order valence-corrected chi connectivity index (χ1v) is 10.2. The maximum Gasteiger partial charge on any atom is 0.235 e. The van der Waals surface area contributed by atoms with E-state index < -0.39 is 10.0 Å². The van der Waals surface area contributed by atoms with Gasteiger partial charge in [-0.3, -0.25) is 9.29 Å². The van der Waals surface area contributed by atoms with E-state index in [9.17, 15) is 8.42 Å². The third-order valence-electron chi connectivity index (χ3n) is 4.30. The highest BCUT2D eigenvalue weighted by Gasteiger charge is 2.30. The van der Waals surface area contributed by atoms with E-state index >= 15 is 0 Å². The second-order valence-corrected chi connectivity index (χ2v) is 8.16. The summed E-state index contributed by atoms with van der Waals surface area (Å²) in [5.74, 6) is 0.0352. The van der Waals surface area contributed by atoms with Crippen LogP contribution in [0.15, 0.2) is 85.2 Å². The summed E-state index contributed by atoms with van der Waals surface area (Å²) in [5.41, 5.74) is 2.62. The molecule has 1 aromatic heterocycles. The zero-order valence-corrected chi connectivity index (χ0v) is 15.5. The first-order valence-electron chi connectivity index (χ1n) is 8.63. The highest BCUT2D eigenvalue weighted by atomic mass is 32.2. The van der Waals surface area contributed by atoms with Gasteiger partial charge in [-0.15, -0.1) is 0 Å². The molecule has 3 rings (SSSR count). The number of aromatic nitrogens is 1. The number of pyridine rings is 1. The lowest BCUT2D eigenvalue weighted by Gasteiger charge is -2.33. The van der Waals surface area contributed by atoms with E-state index in [0.29, 0.717) is 12.1 Å². The van der Waals surface area contributed by atoms with Crippen LogP contribution in [0.1, 0.15) is 24.1 Å². The van der Waals surface area contributed by atoms with Gasteiger partial charge in [0, 0.05) is 12.4 Å². The van der Waals surface area contributed by atoms with Gasteiger partial charge in [0.1, 0.15) is 0 Å². The van der Waals surface area contributed by atoms with Crippen molar-refractivity contribution in [1.82, 2.24) is 4.98 Å². The molecule has 3 aromatic rings. The quantitative estimate of drug-likeness (QED) is 0.629. The van der Waals surface area contributed by atoms with E-state index in [0.717, 1.165) is 11.1 Å². The van der Waals surface area contributed by atoms with Crippen molar-refractivity contribution in [2.45, 2.75) is 19.4 Å². The standard InChI is InChI=1S/C21H22N2O2S/c1-2-26(24,25)23(20-13-7-4-8-14-20)21(19-12-9-15-22-17-19)16-18-10-5-3-6-11-18/h3-15,17,21H,2,16H2,1H3. The predicted molar refractivity (Wildman–Crippen MR) is 106 cm³/mol. The lowest BCUT2D eigenvalue weighted by atomic mass is 10.00. The monoisotopic (exact) mass is 366 g/mol. The summed E-state index contributed by atoms with van der Waals surface area (Å²) in [5, 5.41) is 0. The van der Waals surface area contributed by atoms with Crippen molar-refractivity contribution in [3.8, 4) is 0 Å². The Labute approximate surface area is 155 Å². The minimum absolute atomic E-state index is 0.0352. The van der Waals surface area contributed by atoms with Crippen LogP contribution in [-0.2, 0) is 16.4 Å². The van der Waals surface area contributed by atoms with Crippen LogP contribution in [0, 0.1) is 0 Å². The summed E-state index contributed by atoms with van der Waals surface area (Å²) in [4.78, 5) is 4.21. The average molecular weight is 366 g/mol. The molecule has 4 nitrogen and oxygen atoms in total. The summed E-state index contributed by atoms with van der Waals surface area (Å²) < 4.78 is 27.6. The van der Waals surface area contributed by atoms with Gasteiger partial charge in [-0.05, 0) is 42.7 Å². The molecular weight excluding hydrogens is 344 g/mol. The van der Waals surface area contributed by atoms with Crippen molar-refractivity contribution >= 4 is 15.7 Å². The lowest BCUT2D eigenvalue weighted by Crippen LogP contribution is -2.37. The molecule has 0 fully saturated rings. The molecule has 1 atom stereocenters. The van der Waals surface area contributed by atoms with Gasteiger partial charge in [0.05, 0.1) is 17.5 Å². The minimum Gasteiger partial charge on any atom is -0.264 e. The molecule has 134 valence electrons. The summed E-state index contributed by atoms with van der Waals surface area (Å²) >= 11 is 0. The highest BCUT2D eigenvalue weighted by Crippen LogP contribution is 2.32. The van der Waals surface area contributed by atoms with Crippen molar-refractivity contribution in [3.05, 3.63) is 96.3 Å². The van der Waals surface area contributed by atoms with Gasteiger partial charge in [0.15, 0.2) is 0 Å². The Morgan fingerprint density at radius 2 is 1.58 bits per heavy atom. The van der Waals surface area contributed by atoms with E-state index in [1.807, 2.05) is 72.8 Å². The van der Waals surface area contributed by atoms with Gasteiger partial charge in [-0.25, -0.2) is 8.42 Å². The molecule has 0 aliphatic heterocycles. The lowest BCUT2D eigenvalue weighted by molar-refractivity contribution is 0.577. The van der Waals surface area contributed by atoms with Gasteiger partial charge in [0.25, 0.3) is 0 Å². The van der Waals surface area contributed by atoms with E-state index in [1.54, 1.807) is 19.3 Å². The Morgan fingerprint density at radius 1 is 0.923 bits per heavy atom. The van der Waals surface area contributed by atoms with Crippen LogP contribution >= 0.6 is 0 Å². The summed E-state index contributed by atoms with van der Waals surface area (Å²) in [6.07, 6.45) is 4.01. The molecule has 26 heavy (non-hydrogen) atoms. The predicted octanol–water partition coefficient (Wildman–Crippen LogP) is 4.22. The number of sulfonamides is 1. The van der Waals surface area contributed by atoms with Crippen LogP contribution in [0.5, 0.6) is 0 Å². The SMILES string of the molecule is CCS(=O)(=O)N(c1ccccc1)C(Cc1ccccc1)c1cccnc1. The molecule has 0 saturated carbocycles. The fourth-order valence-corrected chi connectivity index (χ4v) is 4.30. The number of benzene rings is 2. The molecular formula is C21H22N2O2S. The van der Waals surface area contributed by atoms with Crippen LogP contribution in [0.4, 0.5) is 5.69 Å². The largest absolute Gasteiger partial charge is 0.264 e. The van der Waals surface area contributed by atoms with Gasteiger partial charge < -0.3 is 0 Å².